The lowest BCUT2D eigenvalue weighted by Gasteiger charge is -2.38. The number of carbonyl (C=O) groups is 1. The van der Waals surface area contributed by atoms with E-state index in [0.29, 0.717) is 40.7 Å². The van der Waals surface area contributed by atoms with Gasteiger partial charge in [-0.25, -0.2) is 0 Å². The summed E-state index contributed by atoms with van der Waals surface area (Å²) in [5.41, 5.74) is 9.15. The van der Waals surface area contributed by atoms with Gasteiger partial charge in [-0.3, -0.25) is 9.69 Å². The molecule has 1 aromatic carbocycles. The van der Waals surface area contributed by atoms with Gasteiger partial charge in [0.1, 0.15) is 11.6 Å². The fraction of sp³-hybridized carbons (Fsp3) is 0.273. The van der Waals surface area contributed by atoms with E-state index in [4.69, 9.17) is 10.5 Å². The normalized spacial score (nSPS) is 18.6. The number of anilines is 1. The number of aromatic nitrogens is 2. The molecule has 2 aliphatic rings. The maximum absolute atomic E-state index is 13.1. The molecule has 0 spiro atoms. The Bertz CT molecular complexity index is 1130. The monoisotopic (exact) mass is 451 g/mol. The van der Waals surface area contributed by atoms with Crippen LogP contribution in [0.15, 0.2) is 63.9 Å². The summed E-state index contributed by atoms with van der Waals surface area (Å²) in [7, 11) is 1.60. The van der Waals surface area contributed by atoms with E-state index in [9.17, 15) is 10.1 Å². The summed E-state index contributed by atoms with van der Waals surface area (Å²) in [6.45, 7) is 3.72. The zero-order chi connectivity index (χ0) is 22.0. The smallest absolute Gasteiger partial charge is 0.219 e. The SMILES string of the molecule is C=CCSc1nnc(N2C(N)=C(C#N)C(c3ccc(OC)cc3)C3=C2CCCC3=O)s1. The van der Waals surface area contributed by atoms with Crippen molar-refractivity contribution < 1.29 is 9.53 Å². The number of nitrogens with zero attached hydrogens (tertiary/aromatic N) is 4. The number of allylic oxidation sites excluding steroid dienone is 3. The van der Waals surface area contributed by atoms with Gasteiger partial charge in [-0.2, -0.15) is 5.26 Å². The first-order valence-electron chi connectivity index (χ1n) is 9.76. The van der Waals surface area contributed by atoms with Crippen molar-refractivity contribution in [1.82, 2.24) is 10.2 Å². The average molecular weight is 452 g/mol. The Hall–Kier alpha value is -3.09. The second-order valence-corrected chi connectivity index (χ2v) is 9.26. The maximum atomic E-state index is 13.1. The van der Waals surface area contributed by atoms with Crippen molar-refractivity contribution in [1.29, 1.82) is 5.26 Å². The van der Waals surface area contributed by atoms with Gasteiger partial charge in [-0.05, 0) is 30.5 Å². The summed E-state index contributed by atoms with van der Waals surface area (Å²) in [5, 5.41) is 19.1. The van der Waals surface area contributed by atoms with Crippen molar-refractivity contribution in [3.8, 4) is 11.8 Å². The molecule has 2 aromatic rings. The molecule has 2 N–H and O–H groups in total. The molecule has 2 heterocycles. The Morgan fingerprint density at radius 3 is 2.84 bits per heavy atom. The molecule has 158 valence electrons. The Morgan fingerprint density at radius 2 is 2.16 bits per heavy atom. The summed E-state index contributed by atoms with van der Waals surface area (Å²) in [4.78, 5) is 14.8. The number of nitriles is 1. The molecule has 1 aliphatic carbocycles. The van der Waals surface area contributed by atoms with Crippen molar-refractivity contribution in [3.05, 3.63) is 65.1 Å². The van der Waals surface area contributed by atoms with E-state index < -0.39 is 5.92 Å². The van der Waals surface area contributed by atoms with Gasteiger partial charge < -0.3 is 10.5 Å². The number of ketones is 1. The number of ether oxygens (including phenoxy) is 1. The number of hydrogen-bond acceptors (Lipinski definition) is 9. The second kappa shape index (κ2) is 8.96. The molecule has 1 unspecified atom stereocenters. The second-order valence-electron chi connectivity index (χ2n) is 7.04. The van der Waals surface area contributed by atoms with Crippen LogP contribution >= 0.6 is 23.1 Å². The summed E-state index contributed by atoms with van der Waals surface area (Å²) < 4.78 is 6.03. The van der Waals surface area contributed by atoms with Gasteiger partial charge >= 0.3 is 0 Å². The first kappa shape index (κ1) is 21.2. The van der Waals surface area contributed by atoms with Crippen LogP contribution < -0.4 is 15.4 Å². The van der Waals surface area contributed by atoms with Gasteiger partial charge in [-0.15, -0.1) is 16.8 Å². The van der Waals surface area contributed by atoms with Crippen LogP contribution in [0.3, 0.4) is 0 Å². The van der Waals surface area contributed by atoms with Gasteiger partial charge in [-0.1, -0.05) is 41.3 Å². The summed E-state index contributed by atoms with van der Waals surface area (Å²) >= 11 is 2.92. The summed E-state index contributed by atoms with van der Waals surface area (Å²) in [6.07, 6.45) is 3.67. The minimum atomic E-state index is -0.502. The van der Waals surface area contributed by atoms with Crippen LogP contribution in [0.2, 0.25) is 0 Å². The van der Waals surface area contributed by atoms with E-state index in [1.807, 2.05) is 24.3 Å². The lowest BCUT2D eigenvalue weighted by atomic mass is 9.76. The van der Waals surface area contributed by atoms with E-state index in [-0.39, 0.29) is 5.78 Å². The third-order valence-electron chi connectivity index (χ3n) is 5.27. The Labute approximate surface area is 188 Å². The molecule has 31 heavy (non-hydrogen) atoms. The Balaban J connectivity index is 1.85. The molecular formula is C22H21N5O2S2. The maximum Gasteiger partial charge on any atom is 0.219 e. The molecule has 0 saturated heterocycles. The van der Waals surface area contributed by atoms with Crippen LogP contribution in [-0.4, -0.2) is 28.8 Å². The quantitative estimate of drug-likeness (QED) is 0.516. The molecule has 0 amide bonds. The largest absolute Gasteiger partial charge is 0.497 e. The first-order valence-corrected chi connectivity index (χ1v) is 11.6. The van der Waals surface area contributed by atoms with Crippen molar-refractivity contribution in [2.75, 3.05) is 17.8 Å². The first-order chi connectivity index (χ1) is 15.1. The number of thioether (sulfide) groups is 1. The topological polar surface area (TPSA) is 105 Å². The summed E-state index contributed by atoms with van der Waals surface area (Å²) in [6, 6.07) is 9.67. The van der Waals surface area contributed by atoms with Gasteiger partial charge in [0.05, 0.1) is 24.7 Å². The lowest BCUT2D eigenvalue weighted by Crippen LogP contribution is -2.38. The van der Waals surface area contributed by atoms with Crippen LogP contribution in [0.25, 0.3) is 0 Å². The lowest BCUT2D eigenvalue weighted by molar-refractivity contribution is -0.116. The number of rotatable bonds is 6. The van der Waals surface area contributed by atoms with Gasteiger partial charge in [0, 0.05) is 23.4 Å². The number of hydrogen-bond donors (Lipinski definition) is 1. The zero-order valence-corrected chi connectivity index (χ0v) is 18.6. The van der Waals surface area contributed by atoms with Crippen LogP contribution in [0, 0.1) is 11.3 Å². The Morgan fingerprint density at radius 1 is 1.39 bits per heavy atom. The molecule has 0 saturated carbocycles. The van der Waals surface area contributed by atoms with Crippen LogP contribution in [0.4, 0.5) is 5.13 Å². The fourth-order valence-electron chi connectivity index (χ4n) is 3.92. The molecular weight excluding hydrogens is 430 g/mol. The fourth-order valence-corrected chi connectivity index (χ4v) is 5.56. The number of benzene rings is 1. The summed E-state index contributed by atoms with van der Waals surface area (Å²) in [5.74, 6) is 1.26. The van der Waals surface area contributed by atoms with Crippen molar-refractivity contribution in [3.63, 3.8) is 0 Å². The third kappa shape index (κ3) is 3.84. The Kier molecular flexibility index (Phi) is 6.11. The van der Waals surface area contributed by atoms with E-state index in [0.717, 1.165) is 27.8 Å². The highest BCUT2D eigenvalue weighted by atomic mass is 32.2. The highest BCUT2D eigenvalue weighted by Crippen LogP contribution is 2.47. The average Bonchev–Trinajstić information content (AvgIpc) is 3.25. The van der Waals surface area contributed by atoms with E-state index in [1.165, 1.54) is 23.1 Å². The molecule has 0 fully saturated rings. The molecule has 4 rings (SSSR count). The molecule has 7 nitrogen and oxygen atoms in total. The number of Topliss-reactive ketones (excluding diaryl/α,β-unsaturated/α-hetero) is 1. The molecule has 1 aromatic heterocycles. The molecule has 0 radical (unpaired) electrons. The van der Waals surface area contributed by atoms with Crippen molar-refractivity contribution in [2.45, 2.75) is 29.5 Å². The minimum Gasteiger partial charge on any atom is -0.497 e. The van der Waals surface area contributed by atoms with Gasteiger partial charge in [0.15, 0.2) is 10.1 Å². The van der Waals surface area contributed by atoms with Crippen LogP contribution in [0.5, 0.6) is 5.75 Å². The highest BCUT2D eigenvalue weighted by Gasteiger charge is 2.41. The van der Waals surface area contributed by atoms with Gasteiger partial charge in [0.25, 0.3) is 0 Å². The predicted molar refractivity (Wildman–Crippen MR) is 122 cm³/mol. The van der Waals surface area contributed by atoms with Crippen molar-refractivity contribution >= 4 is 34.0 Å². The van der Waals surface area contributed by atoms with Crippen LogP contribution in [-0.2, 0) is 4.79 Å². The minimum absolute atomic E-state index is 0.0399. The van der Waals surface area contributed by atoms with E-state index in [2.05, 4.69) is 22.8 Å². The third-order valence-corrected chi connectivity index (χ3v) is 7.31. The standard InChI is InChI=1S/C22H21N5O2S2/c1-3-11-30-22-26-25-21(31-22)27-16-5-4-6-17(28)19(16)18(15(12-23)20(27)24)13-7-9-14(29-2)10-8-13/h3,7-10,18H,1,4-6,11,24H2,2H3. The molecule has 1 aliphatic heterocycles. The molecule has 0 bridgehead atoms. The number of nitrogens with two attached hydrogens (primary N) is 1. The predicted octanol–water partition coefficient (Wildman–Crippen LogP) is 4.13. The molecule has 9 heteroatoms. The van der Waals surface area contributed by atoms with Crippen LogP contribution in [0.1, 0.15) is 30.7 Å². The number of carbonyl (C=O) groups excluding carboxylic acids is 1. The molecule has 1 atom stereocenters. The zero-order valence-electron chi connectivity index (χ0n) is 17.0. The highest BCUT2D eigenvalue weighted by molar-refractivity contribution is 8.01. The van der Waals surface area contributed by atoms with E-state index in [1.54, 1.807) is 18.1 Å². The van der Waals surface area contributed by atoms with Gasteiger partial charge in [0.2, 0.25) is 5.13 Å². The number of methoxy groups -OCH3 is 1. The van der Waals surface area contributed by atoms with Crippen molar-refractivity contribution in [2.24, 2.45) is 5.73 Å². The van der Waals surface area contributed by atoms with E-state index >= 15 is 0 Å².